The lowest BCUT2D eigenvalue weighted by Crippen LogP contribution is -2.27. The topological polar surface area (TPSA) is 29.5 Å². The summed E-state index contributed by atoms with van der Waals surface area (Å²) in [5, 5.41) is 0. The number of rotatable bonds is 2. The molecule has 0 bridgehead atoms. The van der Waals surface area contributed by atoms with E-state index in [-0.39, 0.29) is 11.8 Å². The molecular formula is C18H19NO2. The number of hydrogen-bond acceptors (Lipinski definition) is 2. The molecule has 1 aliphatic heterocycles. The number of anilines is 1. The van der Waals surface area contributed by atoms with Crippen LogP contribution in [-0.4, -0.2) is 19.6 Å². The Bertz CT molecular complexity index is 679. The number of methoxy groups -OCH3 is 1. The van der Waals surface area contributed by atoms with Gasteiger partial charge in [0.15, 0.2) is 0 Å². The molecule has 0 aliphatic carbocycles. The molecule has 1 unspecified atom stereocenters. The van der Waals surface area contributed by atoms with E-state index in [4.69, 9.17) is 4.74 Å². The second-order valence-corrected chi connectivity index (χ2v) is 5.42. The van der Waals surface area contributed by atoms with Crippen molar-refractivity contribution in [2.45, 2.75) is 19.8 Å². The van der Waals surface area contributed by atoms with Gasteiger partial charge in [-0.05, 0) is 24.1 Å². The molecule has 0 radical (unpaired) electrons. The van der Waals surface area contributed by atoms with Crippen molar-refractivity contribution in [3.63, 3.8) is 0 Å². The third kappa shape index (κ3) is 2.19. The fraction of sp³-hybridized carbons (Fsp3) is 0.278. The SMILES string of the molecule is COc1ccc2c(c1C)N(C(C)=O)CC2c1ccccc1. The predicted octanol–water partition coefficient (Wildman–Crippen LogP) is 3.50. The Morgan fingerprint density at radius 1 is 1.19 bits per heavy atom. The van der Waals surface area contributed by atoms with Gasteiger partial charge in [0.1, 0.15) is 5.75 Å². The van der Waals surface area contributed by atoms with Gasteiger partial charge in [-0.1, -0.05) is 36.4 Å². The van der Waals surface area contributed by atoms with E-state index in [9.17, 15) is 4.79 Å². The van der Waals surface area contributed by atoms with Gasteiger partial charge in [0.05, 0.1) is 12.8 Å². The largest absolute Gasteiger partial charge is 0.496 e. The van der Waals surface area contributed by atoms with Crippen LogP contribution in [0.1, 0.15) is 29.5 Å². The standard InChI is InChI=1S/C18H19NO2/c1-12-17(21-3)10-9-15-16(14-7-5-4-6-8-14)11-19(13(2)20)18(12)15/h4-10,16H,11H2,1-3H3. The summed E-state index contributed by atoms with van der Waals surface area (Å²) in [5.41, 5.74) is 4.49. The molecule has 3 rings (SSSR count). The summed E-state index contributed by atoms with van der Waals surface area (Å²) in [7, 11) is 1.66. The van der Waals surface area contributed by atoms with Crippen LogP contribution in [0.3, 0.4) is 0 Å². The van der Waals surface area contributed by atoms with Crippen molar-refractivity contribution in [2.75, 3.05) is 18.6 Å². The van der Waals surface area contributed by atoms with Crippen LogP contribution in [0, 0.1) is 6.92 Å². The maximum Gasteiger partial charge on any atom is 0.223 e. The molecule has 2 aromatic carbocycles. The van der Waals surface area contributed by atoms with Crippen LogP contribution in [0.2, 0.25) is 0 Å². The fourth-order valence-corrected chi connectivity index (χ4v) is 3.19. The second kappa shape index (κ2) is 5.24. The molecule has 1 atom stereocenters. The van der Waals surface area contributed by atoms with Gasteiger partial charge in [-0.25, -0.2) is 0 Å². The predicted molar refractivity (Wildman–Crippen MR) is 84.0 cm³/mol. The fourth-order valence-electron chi connectivity index (χ4n) is 3.19. The van der Waals surface area contributed by atoms with Crippen LogP contribution < -0.4 is 9.64 Å². The normalized spacial score (nSPS) is 16.7. The highest BCUT2D eigenvalue weighted by molar-refractivity contribution is 5.96. The summed E-state index contributed by atoms with van der Waals surface area (Å²) in [4.78, 5) is 13.9. The zero-order valence-electron chi connectivity index (χ0n) is 12.6. The molecule has 3 heteroatoms. The van der Waals surface area contributed by atoms with E-state index in [1.54, 1.807) is 14.0 Å². The van der Waals surface area contributed by atoms with Crippen molar-refractivity contribution in [1.29, 1.82) is 0 Å². The minimum absolute atomic E-state index is 0.0750. The molecule has 0 saturated heterocycles. The first-order valence-electron chi connectivity index (χ1n) is 7.14. The minimum atomic E-state index is 0.0750. The van der Waals surface area contributed by atoms with E-state index < -0.39 is 0 Å². The van der Waals surface area contributed by atoms with Crippen molar-refractivity contribution >= 4 is 11.6 Å². The third-order valence-electron chi connectivity index (χ3n) is 4.22. The molecule has 2 aromatic rings. The number of ether oxygens (including phenoxy) is 1. The van der Waals surface area contributed by atoms with Crippen molar-refractivity contribution < 1.29 is 9.53 Å². The molecule has 1 heterocycles. The highest BCUT2D eigenvalue weighted by Crippen LogP contribution is 2.44. The Kier molecular flexibility index (Phi) is 3.42. The van der Waals surface area contributed by atoms with Gasteiger partial charge in [0, 0.05) is 24.9 Å². The Morgan fingerprint density at radius 3 is 2.52 bits per heavy atom. The zero-order chi connectivity index (χ0) is 15.0. The Labute approximate surface area is 125 Å². The molecule has 1 amide bonds. The number of carbonyl (C=O) groups is 1. The summed E-state index contributed by atoms with van der Waals surface area (Å²) in [6, 6.07) is 14.4. The monoisotopic (exact) mass is 281 g/mol. The van der Waals surface area contributed by atoms with Gasteiger partial charge in [0.2, 0.25) is 5.91 Å². The number of fused-ring (bicyclic) bond motifs is 1. The van der Waals surface area contributed by atoms with E-state index in [0.717, 1.165) is 17.0 Å². The highest BCUT2D eigenvalue weighted by atomic mass is 16.5. The van der Waals surface area contributed by atoms with Gasteiger partial charge in [0.25, 0.3) is 0 Å². The van der Waals surface area contributed by atoms with E-state index in [1.807, 2.05) is 36.1 Å². The molecule has 0 spiro atoms. The molecule has 108 valence electrons. The van der Waals surface area contributed by atoms with Crippen LogP contribution in [0.25, 0.3) is 0 Å². The molecule has 3 nitrogen and oxygen atoms in total. The molecule has 21 heavy (non-hydrogen) atoms. The number of nitrogens with zero attached hydrogens (tertiary/aromatic N) is 1. The number of hydrogen-bond donors (Lipinski definition) is 0. The summed E-state index contributed by atoms with van der Waals surface area (Å²) in [6.45, 7) is 4.33. The lowest BCUT2D eigenvalue weighted by molar-refractivity contribution is -0.116. The van der Waals surface area contributed by atoms with Crippen molar-refractivity contribution in [3.05, 3.63) is 59.2 Å². The minimum Gasteiger partial charge on any atom is -0.496 e. The second-order valence-electron chi connectivity index (χ2n) is 5.42. The molecule has 1 aliphatic rings. The molecule has 0 N–H and O–H groups in total. The van der Waals surface area contributed by atoms with Gasteiger partial charge >= 0.3 is 0 Å². The van der Waals surface area contributed by atoms with Crippen LogP contribution in [0.4, 0.5) is 5.69 Å². The van der Waals surface area contributed by atoms with E-state index in [2.05, 4.69) is 18.2 Å². The average molecular weight is 281 g/mol. The Morgan fingerprint density at radius 2 is 1.90 bits per heavy atom. The molecule has 0 fully saturated rings. The Hall–Kier alpha value is -2.29. The number of amides is 1. The third-order valence-corrected chi connectivity index (χ3v) is 4.22. The smallest absolute Gasteiger partial charge is 0.223 e. The summed E-state index contributed by atoms with van der Waals surface area (Å²) < 4.78 is 5.40. The quantitative estimate of drug-likeness (QED) is 0.843. The van der Waals surface area contributed by atoms with Gasteiger partial charge < -0.3 is 9.64 Å². The lowest BCUT2D eigenvalue weighted by Gasteiger charge is -2.18. The summed E-state index contributed by atoms with van der Waals surface area (Å²) in [5.74, 6) is 1.13. The first-order valence-corrected chi connectivity index (χ1v) is 7.14. The maximum atomic E-state index is 12.0. The van der Waals surface area contributed by atoms with E-state index in [1.165, 1.54) is 11.1 Å². The molecule has 0 aromatic heterocycles. The van der Waals surface area contributed by atoms with Gasteiger partial charge in [-0.15, -0.1) is 0 Å². The average Bonchev–Trinajstić information content (AvgIpc) is 2.89. The van der Waals surface area contributed by atoms with Crippen LogP contribution in [0.5, 0.6) is 5.75 Å². The molecule has 0 saturated carbocycles. The number of carbonyl (C=O) groups excluding carboxylic acids is 1. The molecular weight excluding hydrogens is 262 g/mol. The van der Waals surface area contributed by atoms with Crippen molar-refractivity contribution in [3.8, 4) is 5.75 Å². The summed E-state index contributed by atoms with van der Waals surface area (Å²) in [6.07, 6.45) is 0. The Balaban J connectivity index is 2.16. The van der Waals surface area contributed by atoms with E-state index >= 15 is 0 Å². The first-order chi connectivity index (χ1) is 10.1. The van der Waals surface area contributed by atoms with Crippen molar-refractivity contribution in [2.24, 2.45) is 0 Å². The van der Waals surface area contributed by atoms with Crippen molar-refractivity contribution in [1.82, 2.24) is 0 Å². The van der Waals surface area contributed by atoms with Gasteiger partial charge in [-0.3, -0.25) is 4.79 Å². The number of benzene rings is 2. The van der Waals surface area contributed by atoms with Gasteiger partial charge in [-0.2, -0.15) is 0 Å². The van der Waals surface area contributed by atoms with Crippen LogP contribution in [0.15, 0.2) is 42.5 Å². The summed E-state index contributed by atoms with van der Waals surface area (Å²) >= 11 is 0. The lowest BCUT2D eigenvalue weighted by atomic mass is 9.92. The highest BCUT2D eigenvalue weighted by Gasteiger charge is 2.33. The zero-order valence-corrected chi connectivity index (χ0v) is 12.6. The first kappa shape index (κ1) is 13.7. The van der Waals surface area contributed by atoms with Crippen LogP contribution >= 0.6 is 0 Å². The maximum absolute atomic E-state index is 12.0. The van der Waals surface area contributed by atoms with Crippen LogP contribution in [-0.2, 0) is 4.79 Å². The van der Waals surface area contributed by atoms with E-state index in [0.29, 0.717) is 6.54 Å².